The van der Waals surface area contributed by atoms with Gasteiger partial charge < -0.3 is 0 Å². The summed E-state index contributed by atoms with van der Waals surface area (Å²) in [7, 11) is -3.50. The van der Waals surface area contributed by atoms with Gasteiger partial charge in [0.2, 0.25) is 10.0 Å². The van der Waals surface area contributed by atoms with Crippen molar-refractivity contribution in [2.45, 2.75) is 25.2 Å². The van der Waals surface area contributed by atoms with Gasteiger partial charge in [-0.3, -0.25) is 4.79 Å². The van der Waals surface area contributed by atoms with Crippen LogP contribution in [0.5, 0.6) is 0 Å². The van der Waals surface area contributed by atoms with Crippen molar-refractivity contribution in [3.8, 4) is 0 Å². The van der Waals surface area contributed by atoms with E-state index >= 15 is 0 Å². The zero-order valence-corrected chi connectivity index (χ0v) is 12.6. The molecule has 106 valence electrons. The number of sulfonamides is 1. The first-order valence-corrected chi connectivity index (χ1v) is 8.07. The van der Waals surface area contributed by atoms with Crippen molar-refractivity contribution in [1.29, 1.82) is 0 Å². The number of carbonyl (C=O) groups is 1. The van der Waals surface area contributed by atoms with Gasteiger partial charge in [0.05, 0.1) is 10.8 Å². The molecule has 0 bridgehead atoms. The topological polar surface area (TPSA) is 63.2 Å². The number of rotatable bonds is 7. The van der Waals surface area contributed by atoms with Gasteiger partial charge in [0.25, 0.3) is 0 Å². The molecule has 0 aliphatic heterocycles. The lowest BCUT2D eigenvalue weighted by atomic mass is 10.1. The molecule has 0 saturated carbocycles. The van der Waals surface area contributed by atoms with Crippen LogP contribution < -0.4 is 4.72 Å². The summed E-state index contributed by atoms with van der Waals surface area (Å²) in [5.74, 6) is 0.100. The van der Waals surface area contributed by atoms with Crippen molar-refractivity contribution in [1.82, 2.24) is 4.72 Å². The van der Waals surface area contributed by atoms with Crippen LogP contribution in [0.25, 0.3) is 0 Å². The normalized spacial score (nSPS) is 11.8. The number of benzene rings is 1. The summed E-state index contributed by atoms with van der Waals surface area (Å²) < 4.78 is 26.4. The number of carbonyl (C=O) groups excluding carboxylic acids is 1. The molecular formula is C13H18ClNO3S. The predicted molar refractivity (Wildman–Crippen MR) is 76.1 cm³/mol. The van der Waals surface area contributed by atoms with Crippen molar-refractivity contribution in [2.24, 2.45) is 5.92 Å². The van der Waals surface area contributed by atoms with E-state index in [0.29, 0.717) is 18.0 Å². The Kier molecular flexibility index (Phi) is 5.97. The molecule has 0 radical (unpaired) electrons. The van der Waals surface area contributed by atoms with Gasteiger partial charge in [-0.1, -0.05) is 26.0 Å². The van der Waals surface area contributed by atoms with Crippen LogP contribution in [-0.4, -0.2) is 26.6 Å². The summed E-state index contributed by atoms with van der Waals surface area (Å²) in [5.41, 5.74) is 0.413. The van der Waals surface area contributed by atoms with E-state index in [9.17, 15) is 13.2 Å². The van der Waals surface area contributed by atoms with Crippen LogP contribution in [-0.2, 0) is 10.0 Å². The van der Waals surface area contributed by atoms with E-state index in [-0.39, 0.29) is 16.6 Å². The standard InChI is InChI=1S/C13H18ClNO3S/c1-10(2)7-8-15-19(17,18)12-5-3-11(4-6-12)13(16)9-14/h3-6,10,15H,7-9H2,1-2H3. The lowest BCUT2D eigenvalue weighted by molar-refractivity contribution is 0.102. The molecule has 4 nitrogen and oxygen atoms in total. The molecular weight excluding hydrogens is 286 g/mol. The van der Waals surface area contributed by atoms with E-state index in [1.165, 1.54) is 24.3 Å². The first kappa shape index (κ1) is 16.1. The third-order valence-corrected chi connectivity index (χ3v) is 4.34. The lowest BCUT2D eigenvalue weighted by Gasteiger charge is -2.08. The Morgan fingerprint density at radius 1 is 1.26 bits per heavy atom. The van der Waals surface area contributed by atoms with E-state index in [4.69, 9.17) is 11.6 Å². The second kappa shape index (κ2) is 7.03. The molecule has 0 unspecified atom stereocenters. The minimum atomic E-state index is -3.50. The van der Waals surface area contributed by atoms with Crippen LogP contribution in [0.2, 0.25) is 0 Å². The zero-order valence-electron chi connectivity index (χ0n) is 11.0. The van der Waals surface area contributed by atoms with Crippen LogP contribution in [0.4, 0.5) is 0 Å². The smallest absolute Gasteiger partial charge is 0.240 e. The fraction of sp³-hybridized carbons (Fsp3) is 0.462. The van der Waals surface area contributed by atoms with Gasteiger partial charge in [0.15, 0.2) is 5.78 Å². The Morgan fingerprint density at radius 3 is 2.32 bits per heavy atom. The molecule has 0 heterocycles. The third kappa shape index (κ3) is 4.93. The Hall–Kier alpha value is -0.910. The Balaban J connectivity index is 2.76. The summed E-state index contributed by atoms with van der Waals surface area (Å²) in [5, 5.41) is 0. The maximum atomic E-state index is 11.9. The minimum Gasteiger partial charge on any atom is -0.293 e. The molecule has 0 aliphatic rings. The van der Waals surface area contributed by atoms with Crippen molar-refractivity contribution in [2.75, 3.05) is 12.4 Å². The second-order valence-electron chi connectivity index (χ2n) is 4.66. The number of alkyl halides is 1. The van der Waals surface area contributed by atoms with Crippen LogP contribution >= 0.6 is 11.6 Å². The Morgan fingerprint density at radius 2 is 1.84 bits per heavy atom. The lowest BCUT2D eigenvalue weighted by Crippen LogP contribution is -2.25. The highest BCUT2D eigenvalue weighted by atomic mass is 35.5. The number of Topliss-reactive ketones (excluding diaryl/α,β-unsaturated/α-hetero) is 1. The molecule has 19 heavy (non-hydrogen) atoms. The molecule has 0 amide bonds. The van der Waals surface area contributed by atoms with E-state index in [1.54, 1.807) is 0 Å². The molecule has 0 atom stereocenters. The van der Waals surface area contributed by atoms with Gasteiger partial charge in [-0.2, -0.15) is 0 Å². The summed E-state index contributed by atoms with van der Waals surface area (Å²) in [6.07, 6.45) is 0.780. The number of halogens is 1. The van der Waals surface area contributed by atoms with E-state index < -0.39 is 10.0 Å². The van der Waals surface area contributed by atoms with Crippen molar-refractivity contribution in [3.05, 3.63) is 29.8 Å². The van der Waals surface area contributed by atoms with Crippen LogP contribution in [0.1, 0.15) is 30.6 Å². The van der Waals surface area contributed by atoms with Gasteiger partial charge in [-0.25, -0.2) is 13.1 Å². The largest absolute Gasteiger partial charge is 0.293 e. The molecule has 1 aromatic rings. The Bertz CT molecular complexity index is 523. The molecule has 0 spiro atoms. The first-order chi connectivity index (χ1) is 8.86. The molecule has 0 fully saturated rings. The van der Waals surface area contributed by atoms with Gasteiger partial charge in [-0.05, 0) is 24.5 Å². The van der Waals surface area contributed by atoms with Gasteiger partial charge in [-0.15, -0.1) is 11.6 Å². The zero-order chi connectivity index (χ0) is 14.5. The molecule has 0 saturated heterocycles. The van der Waals surface area contributed by atoms with Crippen LogP contribution in [0.3, 0.4) is 0 Å². The average Bonchev–Trinajstić information content (AvgIpc) is 2.37. The number of hydrogen-bond donors (Lipinski definition) is 1. The van der Waals surface area contributed by atoms with Crippen LogP contribution in [0, 0.1) is 5.92 Å². The fourth-order valence-corrected chi connectivity index (χ4v) is 2.66. The molecule has 0 aromatic heterocycles. The molecule has 6 heteroatoms. The van der Waals surface area contributed by atoms with Gasteiger partial charge in [0, 0.05) is 12.1 Å². The average molecular weight is 304 g/mol. The van der Waals surface area contributed by atoms with Gasteiger partial charge in [0.1, 0.15) is 0 Å². The monoisotopic (exact) mass is 303 g/mol. The SMILES string of the molecule is CC(C)CCNS(=O)(=O)c1ccc(C(=O)CCl)cc1. The molecule has 1 rings (SSSR count). The fourth-order valence-electron chi connectivity index (χ4n) is 1.46. The second-order valence-corrected chi connectivity index (χ2v) is 6.70. The minimum absolute atomic E-state index is 0.112. The first-order valence-electron chi connectivity index (χ1n) is 6.05. The van der Waals surface area contributed by atoms with Crippen molar-refractivity contribution < 1.29 is 13.2 Å². The number of nitrogens with one attached hydrogen (secondary N) is 1. The highest BCUT2D eigenvalue weighted by Crippen LogP contribution is 2.11. The maximum absolute atomic E-state index is 11.9. The van der Waals surface area contributed by atoms with E-state index in [2.05, 4.69) is 4.72 Å². The van der Waals surface area contributed by atoms with Crippen molar-refractivity contribution in [3.63, 3.8) is 0 Å². The summed E-state index contributed by atoms with van der Waals surface area (Å²) in [6, 6.07) is 5.78. The number of hydrogen-bond acceptors (Lipinski definition) is 3. The molecule has 1 N–H and O–H groups in total. The Labute approximate surface area is 119 Å². The van der Waals surface area contributed by atoms with E-state index in [0.717, 1.165) is 6.42 Å². The quantitative estimate of drug-likeness (QED) is 0.621. The molecule has 1 aromatic carbocycles. The summed E-state index contributed by atoms with van der Waals surface area (Å²) >= 11 is 5.43. The van der Waals surface area contributed by atoms with Gasteiger partial charge >= 0.3 is 0 Å². The summed E-state index contributed by atoms with van der Waals surface area (Å²) in [4.78, 5) is 11.5. The van der Waals surface area contributed by atoms with Crippen LogP contribution in [0.15, 0.2) is 29.2 Å². The predicted octanol–water partition coefficient (Wildman–Crippen LogP) is 2.43. The van der Waals surface area contributed by atoms with E-state index in [1.807, 2.05) is 13.8 Å². The summed E-state index contributed by atoms with van der Waals surface area (Å²) in [6.45, 7) is 4.46. The molecule has 0 aliphatic carbocycles. The van der Waals surface area contributed by atoms with Crippen molar-refractivity contribution >= 4 is 27.4 Å². The third-order valence-electron chi connectivity index (χ3n) is 2.62. The number of ketones is 1. The highest BCUT2D eigenvalue weighted by molar-refractivity contribution is 7.89. The highest BCUT2D eigenvalue weighted by Gasteiger charge is 2.14. The maximum Gasteiger partial charge on any atom is 0.240 e.